The molecule has 1 unspecified atom stereocenters. The number of rotatable bonds is 7. The van der Waals surface area contributed by atoms with Gasteiger partial charge in [0, 0.05) is 17.9 Å². The molecule has 0 aliphatic heterocycles. The minimum Gasteiger partial charge on any atom is -0.490 e. The van der Waals surface area contributed by atoms with Gasteiger partial charge in [-0.1, -0.05) is 6.92 Å². The van der Waals surface area contributed by atoms with Crippen LogP contribution in [0.2, 0.25) is 0 Å². The molecule has 0 saturated heterocycles. The first-order chi connectivity index (χ1) is 9.03. The number of hydrogen-bond acceptors (Lipinski definition) is 5. The topological polar surface area (TPSA) is 64.4 Å². The summed E-state index contributed by atoms with van der Waals surface area (Å²) in [5.41, 5.74) is -0.146. The van der Waals surface area contributed by atoms with E-state index in [0.29, 0.717) is 0 Å². The van der Waals surface area contributed by atoms with Crippen LogP contribution in [-0.2, 0) is 0 Å². The molecule has 0 spiro atoms. The fourth-order valence-corrected chi connectivity index (χ4v) is 2.36. The van der Waals surface area contributed by atoms with Crippen molar-refractivity contribution >= 4 is 23.1 Å². The van der Waals surface area contributed by atoms with Crippen LogP contribution in [0.25, 0.3) is 0 Å². The third-order valence-electron chi connectivity index (χ3n) is 2.69. The summed E-state index contributed by atoms with van der Waals surface area (Å²) in [7, 11) is 1.32. The predicted molar refractivity (Wildman–Crippen MR) is 75.7 cm³/mol. The van der Waals surface area contributed by atoms with E-state index in [9.17, 15) is 14.5 Å². The quantitative estimate of drug-likeness (QED) is 0.616. The number of nitro benzene ring substituents is 1. The van der Waals surface area contributed by atoms with Gasteiger partial charge < -0.3 is 10.1 Å². The summed E-state index contributed by atoms with van der Waals surface area (Å²) in [5, 5.41) is 13.8. The molecule has 0 aliphatic rings. The van der Waals surface area contributed by atoms with Gasteiger partial charge in [0.05, 0.1) is 23.8 Å². The number of anilines is 1. The lowest BCUT2D eigenvalue weighted by atomic mass is 10.2. The van der Waals surface area contributed by atoms with E-state index in [1.807, 2.05) is 13.2 Å². The van der Waals surface area contributed by atoms with Gasteiger partial charge in [-0.15, -0.1) is 0 Å². The number of ether oxygens (including phenoxy) is 1. The molecule has 0 radical (unpaired) electrons. The Morgan fingerprint density at radius 1 is 1.58 bits per heavy atom. The molecule has 1 atom stereocenters. The average molecular weight is 288 g/mol. The molecule has 0 heterocycles. The molecule has 19 heavy (non-hydrogen) atoms. The Kier molecular flexibility index (Phi) is 5.88. The van der Waals surface area contributed by atoms with E-state index in [-0.39, 0.29) is 23.2 Å². The first-order valence-corrected chi connectivity index (χ1v) is 7.20. The molecule has 1 aromatic carbocycles. The summed E-state index contributed by atoms with van der Waals surface area (Å²) < 4.78 is 18.8. The van der Waals surface area contributed by atoms with Crippen molar-refractivity contribution in [3.8, 4) is 5.75 Å². The van der Waals surface area contributed by atoms with Crippen molar-refractivity contribution in [2.45, 2.75) is 19.4 Å². The Labute approximate surface area is 115 Å². The normalized spacial score (nSPS) is 12.0. The summed E-state index contributed by atoms with van der Waals surface area (Å²) in [5.74, 6) is 0.231. The highest BCUT2D eigenvalue weighted by Crippen LogP contribution is 2.32. The number of benzene rings is 1. The van der Waals surface area contributed by atoms with Crippen LogP contribution in [0.15, 0.2) is 12.1 Å². The van der Waals surface area contributed by atoms with Crippen molar-refractivity contribution in [2.75, 3.05) is 24.4 Å². The van der Waals surface area contributed by atoms with Crippen molar-refractivity contribution in [1.29, 1.82) is 0 Å². The third kappa shape index (κ3) is 3.99. The lowest BCUT2D eigenvalue weighted by molar-refractivity contribution is -0.385. The molecule has 0 fully saturated rings. The second-order valence-electron chi connectivity index (χ2n) is 3.97. The fraction of sp³-hybridized carbons (Fsp3) is 0.500. The van der Waals surface area contributed by atoms with Crippen LogP contribution < -0.4 is 10.1 Å². The molecule has 0 bridgehead atoms. The van der Waals surface area contributed by atoms with E-state index in [1.54, 1.807) is 11.8 Å². The van der Waals surface area contributed by atoms with E-state index in [0.717, 1.165) is 18.2 Å². The second-order valence-corrected chi connectivity index (χ2v) is 4.88. The molecule has 0 aliphatic carbocycles. The summed E-state index contributed by atoms with van der Waals surface area (Å²) in [6.07, 6.45) is 2.80. The maximum Gasteiger partial charge on any atom is 0.313 e. The molecule has 106 valence electrons. The van der Waals surface area contributed by atoms with Gasteiger partial charge in [0.25, 0.3) is 0 Å². The Hall–Kier alpha value is -1.50. The number of methoxy groups -OCH3 is 1. The number of nitrogens with zero attached hydrogens (tertiary/aromatic N) is 1. The average Bonchev–Trinajstić information content (AvgIpc) is 2.39. The molecule has 0 aromatic heterocycles. The number of nitro groups is 1. The van der Waals surface area contributed by atoms with Crippen molar-refractivity contribution in [3.05, 3.63) is 28.1 Å². The van der Waals surface area contributed by atoms with Gasteiger partial charge in [-0.05, 0) is 12.7 Å². The van der Waals surface area contributed by atoms with Crippen molar-refractivity contribution in [3.63, 3.8) is 0 Å². The molecular formula is C12H17FN2O3S. The number of nitrogens with one attached hydrogen (secondary N) is 1. The Morgan fingerprint density at radius 2 is 2.26 bits per heavy atom. The van der Waals surface area contributed by atoms with Gasteiger partial charge in [-0.3, -0.25) is 10.1 Å². The highest BCUT2D eigenvalue weighted by atomic mass is 32.2. The summed E-state index contributed by atoms with van der Waals surface area (Å²) in [4.78, 5) is 10.1. The standard InChI is InChI=1S/C12H17FN2O3S/c1-4-8(7-19-3)14-10-6-12(18-2)11(15(16)17)5-9(10)13/h5-6,8,14H,4,7H2,1-3H3. The summed E-state index contributed by atoms with van der Waals surface area (Å²) in [6, 6.07) is 2.32. The third-order valence-corrected chi connectivity index (χ3v) is 3.42. The van der Waals surface area contributed by atoms with Crippen molar-refractivity contribution < 1.29 is 14.1 Å². The maximum atomic E-state index is 13.8. The highest BCUT2D eigenvalue weighted by molar-refractivity contribution is 7.98. The van der Waals surface area contributed by atoms with Crippen LogP contribution in [-0.4, -0.2) is 30.1 Å². The molecule has 0 saturated carbocycles. The molecule has 0 amide bonds. The minimum absolute atomic E-state index is 0.0490. The van der Waals surface area contributed by atoms with E-state index >= 15 is 0 Å². The van der Waals surface area contributed by atoms with Crippen LogP contribution in [0.1, 0.15) is 13.3 Å². The van der Waals surface area contributed by atoms with E-state index in [2.05, 4.69) is 5.32 Å². The van der Waals surface area contributed by atoms with Crippen molar-refractivity contribution in [1.82, 2.24) is 0 Å². The number of halogens is 1. The van der Waals surface area contributed by atoms with E-state index in [4.69, 9.17) is 4.74 Å². The number of hydrogen-bond donors (Lipinski definition) is 1. The Balaban J connectivity index is 3.05. The predicted octanol–water partition coefficient (Wildman–Crippen LogP) is 3.30. The van der Waals surface area contributed by atoms with Gasteiger partial charge in [0.2, 0.25) is 0 Å². The van der Waals surface area contributed by atoms with E-state index < -0.39 is 10.7 Å². The van der Waals surface area contributed by atoms with Crippen molar-refractivity contribution in [2.24, 2.45) is 0 Å². The van der Waals surface area contributed by atoms with Gasteiger partial charge in [-0.2, -0.15) is 11.8 Å². The van der Waals surface area contributed by atoms with E-state index in [1.165, 1.54) is 13.2 Å². The lowest BCUT2D eigenvalue weighted by Gasteiger charge is -2.18. The molecule has 1 N–H and O–H groups in total. The minimum atomic E-state index is -0.662. The first kappa shape index (κ1) is 15.6. The van der Waals surface area contributed by atoms with Crippen LogP contribution in [0.3, 0.4) is 0 Å². The zero-order valence-electron chi connectivity index (χ0n) is 11.1. The largest absolute Gasteiger partial charge is 0.490 e. The zero-order valence-corrected chi connectivity index (χ0v) is 11.9. The Bertz CT molecular complexity index is 457. The maximum absolute atomic E-state index is 13.8. The lowest BCUT2D eigenvalue weighted by Crippen LogP contribution is -2.21. The zero-order chi connectivity index (χ0) is 14.4. The van der Waals surface area contributed by atoms with Crippen LogP contribution in [0, 0.1) is 15.9 Å². The SMILES string of the molecule is CCC(CSC)Nc1cc(OC)c([N+](=O)[O-])cc1F. The summed E-state index contributed by atoms with van der Waals surface area (Å²) >= 11 is 1.65. The smallest absolute Gasteiger partial charge is 0.313 e. The molecule has 5 nitrogen and oxygen atoms in total. The van der Waals surface area contributed by atoms with Gasteiger partial charge in [0.15, 0.2) is 11.6 Å². The fourth-order valence-electron chi connectivity index (χ4n) is 1.64. The molecular weight excluding hydrogens is 271 g/mol. The second kappa shape index (κ2) is 7.18. The van der Waals surface area contributed by atoms with Gasteiger partial charge >= 0.3 is 5.69 Å². The molecule has 1 aromatic rings. The molecule has 1 rings (SSSR count). The van der Waals surface area contributed by atoms with Crippen LogP contribution >= 0.6 is 11.8 Å². The van der Waals surface area contributed by atoms with Crippen LogP contribution in [0.5, 0.6) is 5.75 Å². The highest BCUT2D eigenvalue weighted by Gasteiger charge is 2.20. The molecule has 7 heteroatoms. The van der Waals surface area contributed by atoms with Gasteiger partial charge in [-0.25, -0.2) is 4.39 Å². The van der Waals surface area contributed by atoms with Crippen LogP contribution in [0.4, 0.5) is 15.8 Å². The van der Waals surface area contributed by atoms with Gasteiger partial charge in [0.1, 0.15) is 0 Å². The Morgan fingerprint density at radius 3 is 2.74 bits per heavy atom. The first-order valence-electron chi connectivity index (χ1n) is 5.80. The monoisotopic (exact) mass is 288 g/mol. The summed E-state index contributed by atoms with van der Waals surface area (Å²) in [6.45, 7) is 1.99. The number of thioether (sulfide) groups is 1.